The van der Waals surface area contributed by atoms with Gasteiger partial charge in [0.2, 0.25) is 6.79 Å². The fourth-order valence-electron chi connectivity index (χ4n) is 1.52. The monoisotopic (exact) mass is 256 g/mol. The summed E-state index contributed by atoms with van der Waals surface area (Å²) in [7, 11) is 0. The number of fused-ring (bicyclic) bond motifs is 1. The van der Waals surface area contributed by atoms with Crippen LogP contribution in [0.15, 0.2) is 10.5 Å². The van der Waals surface area contributed by atoms with E-state index >= 15 is 0 Å². The second kappa shape index (κ2) is 3.61. The third kappa shape index (κ3) is 1.30. The van der Waals surface area contributed by atoms with Gasteiger partial charge >= 0.3 is 0 Å². The van der Waals surface area contributed by atoms with Crippen LogP contribution in [-0.4, -0.2) is 13.1 Å². The Morgan fingerprint density at radius 1 is 1.57 bits per heavy atom. The lowest BCUT2D eigenvalue weighted by molar-refractivity contribution is 0.112. The summed E-state index contributed by atoms with van der Waals surface area (Å²) in [5.41, 5.74) is 1.62. The van der Waals surface area contributed by atoms with Gasteiger partial charge < -0.3 is 9.47 Å². The van der Waals surface area contributed by atoms with Crippen molar-refractivity contribution >= 4 is 22.2 Å². The molecule has 0 amide bonds. The highest BCUT2D eigenvalue weighted by atomic mass is 79.9. The molecule has 0 radical (unpaired) electrons. The van der Waals surface area contributed by atoms with E-state index in [0.29, 0.717) is 17.1 Å². The number of hydrogen-bond donors (Lipinski definition) is 0. The van der Waals surface area contributed by atoms with Crippen LogP contribution in [0.2, 0.25) is 0 Å². The standard InChI is InChI=1S/C10H9BrO3/c1-2-7-6(4-12)3-8-10(9(7)11)14-5-13-8/h3-4H,2,5H2,1H3. The summed E-state index contributed by atoms with van der Waals surface area (Å²) < 4.78 is 11.3. The van der Waals surface area contributed by atoms with E-state index in [-0.39, 0.29) is 6.79 Å². The number of benzene rings is 1. The Morgan fingerprint density at radius 2 is 2.36 bits per heavy atom. The van der Waals surface area contributed by atoms with Gasteiger partial charge in [0.25, 0.3) is 0 Å². The summed E-state index contributed by atoms with van der Waals surface area (Å²) in [5.74, 6) is 1.34. The molecule has 1 aliphatic rings. The minimum atomic E-state index is 0.222. The normalized spacial score (nSPS) is 13.0. The quantitative estimate of drug-likeness (QED) is 0.764. The highest BCUT2D eigenvalue weighted by Crippen LogP contribution is 2.42. The van der Waals surface area contributed by atoms with Crippen LogP contribution in [0.5, 0.6) is 11.5 Å². The Bertz CT molecular complexity index is 387. The van der Waals surface area contributed by atoms with Crippen LogP contribution in [0.3, 0.4) is 0 Å². The highest BCUT2D eigenvalue weighted by Gasteiger charge is 2.21. The number of aldehydes is 1. The fraction of sp³-hybridized carbons (Fsp3) is 0.300. The Balaban J connectivity index is 2.65. The van der Waals surface area contributed by atoms with Crippen molar-refractivity contribution in [3.63, 3.8) is 0 Å². The van der Waals surface area contributed by atoms with E-state index in [4.69, 9.17) is 9.47 Å². The molecule has 3 nitrogen and oxygen atoms in total. The first-order valence-electron chi connectivity index (χ1n) is 4.34. The highest BCUT2D eigenvalue weighted by molar-refractivity contribution is 9.10. The molecular formula is C10H9BrO3. The molecule has 0 fully saturated rings. The maximum atomic E-state index is 10.8. The maximum Gasteiger partial charge on any atom is 0.231 e. The molecule has 2 rings (SSSR count). The fourth-order valence-corrected chi connectivity index (χ4v) is 2.34. The molecule has 14 heavy (non-hydrogen) atoms. The Hall–Kier alpha value is -1.03. The van der Waals surface area contributed by atoms with Crippen molar-refractivity contribution in [3.05, 3.63) is 21.7 Å². The van der Waals surface area contributed by atoms with Gasteiger partial charge in [-0.2, -0.15) is 0 Å². The minimum absolute atomic E-state index is 0.222. The molecule has 0 aromatic heterocycles. The summed E-state index contributed by atoms with van der Waals surface area (Å²) in [6.45, 7) is 2.22. The van der Waals surface area contributed by atoms with Crippen LogP contribution >= 0.6 is 15.9 Å². The summed E-state index contributed by atoms with van der Waals surface area (Å²) in [5, 5.41) is 0. The van der Waals surface area contributed by atoms with Gasteiger partial charge in [-0.3, -0.25) is 4.79 Å². The van der Waals surface area contributed by atoms with Crippen molar-refractivity contribution in [2.75, 3.05) is 6.79 Å². The van der Waals surface area contributed by atoms with Gasteiger partial charge in [0, 0.05) is 5.56 Å². The van der Waals surface area contributed by atoms with Crippen molar-refractivity contribution in [3.8, 4) is 11.5 Å². The largest absolute Gasteiger partial charge is 0.454 e. The molecule has 0 saturated heterocycles. The first kappa shape index (κ1) is 9.52. The smallest absolute Gasteiger partial charge is 0.231 e. The Morgan fingerprint density at radius 3 is 3.00 bits per heavy atom. The van der Waals surface area contributed by atoms with Crippen LogP contribution in [-0.2, 0) is 6.42 Å². The number of halogens is 1. The van der Waals surface area contributed by atoms with E-state index in [2.05, 4.69) is 15.9 Å². The first-order valence-corrected chi connectivity index (χ1v) is 5.13. The summed E-state index contributed by atoms with van der Waals surface area (Å²) in [4.78, 5) is 10.8. The minimum Gasteiger partial charge on any atom is -0.454 e. The Labute approximate surface area is 90.1 Å². The second-order valence-corrected chi connectivity index (χ2v) is 3.76. The molecule has 0 N–H and O–H groups in total. The van der Waals surface area contributed by atoms with E-state index in [1.54, 1.807) is 6.07 Å². The molecule has 0 bridgehead atoms. The third-order valence-corrected chi connectivity index (χ3v) is 3.06. The third-order valence-electron chi connectivity index (χ3n) is 2.22. The van der Waals surface area contributed by atoms with Crippen LogP contribution in [0, 0.1) is 0 Å². The van der Waals surface area contributed by atoms with Crippen molar-refractivity contribution in [2.24, 2.45) is 0 Å². The zero-order chi connectivity index (χ0) is 10.1. The molecule has 0 atom stereocenters. The number of hydrogen-bond acceptors (Lipinski definition) is 3. The molecule has 0 unspecified atom stereocenters. The second-order valence-electron chi connectivity index (χ2n) is 2.96. The van der Waals surface area contributed by atoms with Crippen molar-refractivity contribution < 1.29 is 14.3 Å². The van der Waals surface area contributed by atoms with Crippen molar-refractivity contribution in [1.29, 1.82) is 0 Å². The lowest BCUT2D eigenvalue weighted by Crippen LogP contribution is -1.94. The molecule has 0 saturated carbocycles. The van der Waals surface area contributed by atoms with Gasteiger partial charge in [-0.05, 0) is 34.0 Å². The lowest BCUT2D eigenvalue weighted by atomic mass is 10.1. The SMILES string of the molecule is CCc1c(C=O)cc2c(c1Br)OCO2. The number of rotatable bonds is 2. The van der Waals surface area contributed by atoms with Crippen molar-refractivity contribution in [2.45, 2.75) is 13.3 Å². The van der Waals surface area contributed by atoms with Gasteiger partial charge in [-0.15, -0.1) is 0 Å². The predicted octanol–water partition coefficient (Wildman–Crippen LogP) is 2.55. The summed E-state index contributed by atoms with van der Waals surface area (Å²) in [6, 6.07) is 1.72. The van der Waals surface area contributed by atoms with Gasteiger partial charge in [-0.1, -0.05) is 6.92 Å². The van der Waals surface area contributed by atoms with Crippen LogP contribution < -0.4 is 9.47 Å². The van der Waals surface area contributed by atoms with E-state index in [1.807, 2.05) is 6.92 Å². The number of ether oxygens (including phenoxy) is 2. The van der Waals surface area contributed by atoms with Gasteiger partial charge in [0.15, 0.2) is 17.8 Å². The zero-order valence-electron chi connectivity index (χ0n) is 7.67. The molecule has 74 valence electrons. The summed E-state index contributed by atoms with van der Waals surface area (Å²) in [6.07, 6.45) is 1.62. The topological polar surface area (TPSA) is 35.5 Å². The number of carbonyl (C=O) groups excluding carboxylic acids is 1. The maximum absolute atomic E-state index is 10.8. The van der Waals surface area contributed by atoms with E-state index in [1.165, 1.54) is 0 Å². The molecular weight excluding hydrogens is 248 g/mol. The molecule has 4 heteroatoms. The molecule has 0 aliphatic carbocycles. The molecule has 1 aromatic carbocycles. The van der Waals surface area contributed by atoms with E-state index in [0.717, 1.165) is 22.7 Å². The van der Waals surface area contributed by atoms with Gasteiger partial charge in [0.1, 0.15) is 0 Å². The lowest BCUT2D eigenvalue weighted by Gasteiger charge is -2.07. The van der Waals surface area contributed by atoms with E-state index < -0.39 is 0 Å². The average molecular weight is 257 g/mol. The van der Waals surface area contributed by atoms with Crippen molar-refractivity contribution in [1.82, 2.24) is 0 Å². The summed E-state index contributed by atoms with van der Waals surface area (Å²) >= 11 is 3.42. The Kier molecular flexibility index (Phi) is 2.46. The van der Waals surface area contributed by atoms with Gasteiger partial charge in [0.05, 0.1) is 4.47 Å². The molecule has 1 aliphatic heterocycles. The van der Waals surface area contributed by atoms with Crippen LogP contribution in [0.4, 0.5) is 0 Å². The van der Waals surface area contributed by atoms with Gasteiger partial charge in [-0.25, -0.2) is 0 Å². The molecule has 0 spiro atoms. The molecule has 1 aromatic rings. The van der Waals surface area contributed by atoms with E-state index in [9.17, 15) is 4.79 Å². The zero-order valence-corrected chi connectivity index (χ0v) is 9.26. The average Bonchev–Trinajstić information content (AvgIpc) is 2.65. The first-order chi connectivity index (χ1) is 6.77. The van der Waals surface area contributed by atoms with Crippen LogP contribution in [0.25, 0.3) is 0 Å². The number of carbonyl (C=O) groups is 1. The molecule has 1 heterocycles. The predicted molar refractivity (Wildman–Crippen MR) is 55.0 cm³/mol. The van der Waals surface area contributed by atoms with Crippen LogP contribution in [0.1, 0.15) is 22.8 Å².